The standard InChI is InChI=1S/C24H29N3O7S2/c1-33-15-10-12-16(13-11-15)36(31,32)27-14-6-8-18(27)21(28)25-23-20(22(29)26-24(30)34-2)17-7-4-3-5-9-19(17)35-23/h10-13,18H,3-9,14H2,1-2H3,(H,25,28)(H,26,29,30). The van der Waals surface area contributed by atoms with E-state index in [9.17, 15) is 22.8 Å². The molecule has 0 bridgehead atoms. The number of anilines is 1. The first-order valence-electron chi connectivity index (χ1n) is 11.8. The van der Waals surface area contributed by atoms with Crippen LogP contribution in [0.3, 0.4) is 0 Å². The number of ether oxygens (including phenoxy) is 2. The number of rotatable bonds is 6. The largest absolute Gasteiger partial charge is 0.497 e. The Hall–Kier alpha value is -2.96. The van der Waals surface area contributed by atoms with Crippen molar-refractivity contribution >= 4 is 44.3 Å². The second-order valence-corrected chi connectivity index (χ2v) is 11.6. The Balaban J connectivity index is 1.61. The molecule has 3 amide bonds. The number of thiophene rings is 1. The van der Waals surface area contributed by atoms with Gasteiger partial charge in [-0.2, -0.15) is 4.31 Å². The molecule has 12 heteroatoms. The Bertz CT molecular complexity index is 1260. The fourth-order valence-corrected chi connectivity index (χ4v) is 7.59. The van der Waals surface area contributed by atoms with Gasteiger partial charge in [-0.05, 0) is 68.4 Å². The van der Waals surface area contributed by atoms with Gasteiger partial charge in [0.1, 0.15) is 16.8 Å². The van der Waals surface area contributed by atoms with Gasteiger partial charge in [-0.25, -0.2) is 13.2 Å². The van der Waals surface area contributed by atoms with Crippen molar-refractivity contribution in [2.24, 2.45) is 0 Å². The molecule has 194 valence electrons. The summed E-state index contributed by atoms with van der Waals surface area (Å²) >= 11 is 1.31. The monoisotopic (exact) mass is 535 g/mol. The molecule has 1 aliphatic carbocycles. The van der Waals surface area contributed by atoms with Crippen LogP contribution < -0.4 is 15.4 Å². The summed E-state index contributed by atoms with van der Waals surface area (Å²) in [6, 6.07) is 5.10. The van der Waals surface area contributed by atoms with Crippen molar-refractivity contribution in [3.63, 3.8) is 0 Å². The molecule has 0 spiro atoms. The summed E-state index contributed by atoms with van der Waals surface area (Å²) in [4.78, 5) is 39.1. The fourth-order valence-electron chi connectivity index (χ4n) is 4.65. The van der Waals surface area contributed by atoms with E-state index in [1.807, 2.05) is 0 Å². The van der Waals surface area contributed by atoms with E-state index in [2.05, 4.69) is 15.4 Å². The molecular formula is C24H29N3O7S2. The zero-order valence-electron chi connectivity index (χ0n) is 20.2. The van der Waals surface area contributed by atoms with Crippen LogP contribution in [0.1, 0.15) is 52.9 Å². The van der Waals surface area contributed by atoms with Gasteiger partial charge >= 0.3 is 6.09 Å². The lowest BCUT2D eigenvalue weighted by Crippen LogP contribution is -2.43. The SMILES string of the molecule is COC(=O)NC(=O)c1c(NC(=O)C2CCCN2S(=O)(=O)c2ccc(OC)cc2)sc2c1CCCCC2. The highest BCUT2D eigenvalue weighted by molar-refractivity contribution is 7.89. The van der Waals surface area contributed by atoms with E-state index < -0.39 is 34.0 Å². The number of benzene rings is 1. The number of carbonyl (C=O) groups excluding carboxylic acids is 3. The molecule has 0 radical (unpaired) electrons. The lowest BCUT2D eigenvalue weighted by atomic mass is 10.0. The van der Waals surface area contributed by atoms with Crippen LogP contribution >= 0.6 is 11.3 Å². The van der Waals surface area contributed by atoms with Crippen LogP contribution in [0.5, 0.6) is 5.75 Å². The molecule has 1 unspecified atom stereocenters. The number of amides is 3. The third-order valence-electron chi connectivity index (χ3n) is 6.46. The van der Waals surface area contributed by atoms with Crippen molar-refractivity contribution < 1.29 is 32.3 Å². The molecular weight excluding hydrogens is 506 g/mol. The Morgan fingerprint density at radius 2 is 1.75 bits per heavy atom. The number of carbonyl (C=O) groups is 3. The molecule has 1 fully saturated rings. The molecule has 1 aliphatic heterocycles. The molecule has 36 heavy (non-hydrogen) atoms. The molecule has 2 aliphatic rings. The topological polar surface area (TPSA) is 131 Å². The molecule has 2 N–H and O–H groups in total. The number of methoxy groups -OCH3 is 2. The first-order chi connectivity index (χ1) is 17.3. The number of sulfonamides is 1. The fraction of sp³-hybridized carbons (Fsp3) is 0.458. The molecule has 10 nitrogen and oxygen atoms in total. The van der Waals surface area contributed by atoms with Gasteiger partial charge in [0.05, 0.1) is 24.7 Å². The van der Waals surface area contributed by atoms with Crippen molar-refractivity contribution in [1.82, 2.24) is 9.62 Å². The van der Waals surface area contributed by atoms with Gasteiger partial charge in [0.2, 0.25) is 15.9 Å². The molecule has 0 saturated carbocycles. The minimum absolute atomic E-state index is 0.0731. The zero-order chi connectivity index (χ0) is 25.9. The summed E-state index contributed by atoms with van der Waals surface area (Å²) in [7, 11) is -1.26. The highest BCUT2D eigenvalue weighted by Crippen LogP contribution is 2.38. The Morgan fingerprint density at radius 1 is 1.03 bits per heavy atom. The van der Waals surface area contributed by atoms with Gasteiger partial charge in [0.25, 0.3) is 5.91 Å². The molecule has 1 saturated heterocycles. The van der Waals surface area contributed by atoms with E-state index in [1.165, 1.54) is 34.9 Å². The van der Waals surface area contributed by atoms with Crippen LogP contribution in [0.4, 0.5) is 9.80 Å². The van der Waals surface area contributed by atoms with Crippen LogP contribution in [0.25, 0.3) is 0 Å². The van der Waals surface area contributed by atoms with E-state index in [1.54, 1.807) is 12.1 Å². The van der Waals surface area contributed by atoms with Crippen LogP contribution in [0, 0.1) is 0 Å². The minimum Gasteiger partial charge on any atom is -0.497 e. The summed E-state index contributed by atoms with van der Waals surface area (Å²) in [5.41, 5.74) is 1.07. The predicted octanol–water partition coefficient (Wildman–Crippen LogP) is 3.31. The van der Waals surface area contributed by atoms with Gasteiger partial charge in [0, 0.05) is 11.4 Å². The van der Waals surface area contributed by atoms with Crippen molar-refractivity contribution in [2.75, 3.05) is 26.1 Å². The average molecular weight is 536 g/mol. The van der Waals surface area contributed by atoms with Crippen LogP contribution in [-0.2, 0) is 32.4 Å². The highest BCUT2D eigenvalue weighted by Gasteiger charge is 2.40. The summed E-state index contributed by atoms with van der Waals surface area (Å²) < 4.78 is 37.5. The molecule has 2 aromatic rings. The maximum Gasteiger partial charge on any atom is 0.413 e. The Labute approximate surface area is 214 Å². The van der Waals surface area contributed by atoms with Crippen molar-refractivity contribution in [3.8, 4) is 5.75 Å². The second-order valence-electron chi connectivity index (χ2n) is 8.65. The first-order valence-corrected chi connectivity index (χ1v) is 14.0. The first kappa shape index (κ1) is 26.1. The maximum absolute atomic E-state index is 13.4. The highest BCUT2D eigenvalue weighted by atomic mass is 32.2. The zero-order valence-corrected chi connectivity index (χ0v) is 21.8. The third-order valence-corrected chi connectivity index (χ3v) is 9.59. The Morgan fingerprint density at radius 3 is 2.44 bits per heavy atom. The summed E-state index contributed by atoms with van der Waals surface area (Å²) in [6.45, 7) is 0.211. The predicted molar refractivity (Wildman–Crippen MR) is 134 cm³/mol. The lowest BCUT2D eigenvalue weighted by Gasteiger charge is -2.23. The second kappa shape index (κ2) is 11.0. The Kier molecular flexibility index (Phi) is 7.96. The number of nitrogens with one attached hydrogen (secondary N) is 2. The van der Waals surface area contributed by atoms with Crippen molar-refractivity contribution in [3.05, 3.63) is 40.3 Å². The normalized spacial score (nSPS) is 18.1. The number of hydrogen-bond donors (Lipinski definition) is 2. The molecule has 1 atom stereocenters. The number of hydrogen-bond acceptors (Lipinski definition) is 8. The van der Waals surface area contributed by atoms with Gasteiger partial charge < -0.3 is 14.8 Å². The minimum atomic E-state index is -3.92. The number of alkyl carbamates (subject to hydrolysis) is 1. The maximum atomic E-state index is 13.4. The van der Waals surface area contributed by atoms with Gasteiger partial charge in [0.15, 0.2) is 0 Å². The van der Waals surface area contributed by atoms with Gasteiger partial charge in [-0.3, -0.25) is 14.9 Å². The number of aryl methyl sites for hydroxylation is 1. The smallest absolute Gasteiger partial charge is 0.413 e. The van der Waals surface area contributed by atoms with Crippen LogP contribution in [0.15, 0.2) is 29.2 Å². The van der Waals surface area contributed by atoms with E-state index in [4.69, 9.17) is 4.74 Å². The van der Waals surface area contributed by atoms with Crippen molar-refractivity contribution in [1.29, 1.82) is 0 Å². The number of nitrogens with zero attached hydrogens (tertiary/aromatic N) is 1. The van der Waals surface area contributed by atoms with Gasteiger partial charge in [-0.1, -0.05) is 6.42 Å². The van der Waals surface area contributed by atoms with Crippen molar-refractivity contribution in [2.45, 2.75) is 55.9 Å². The molecule has 1 aromatic heterocycles. The van der Waals surface area contributed by atoms with Gasteiger partial charge in [-0.15, -0.1) is 11.3 Å². The lowest BCUT2D eigenvalue weighted by molar-refractivity contribution is -0.119. The molecule has 1 aromatic carbocycles. The molecule has 4 rings (SSSR count). The van der Waals surface area contributed by atoms with E-state index in [-0.39, 0.29) is 17.0 Å². The summed E-state index contributed by atoms with van der Waals surface area (Å²) in [5, 5.41) is 5.32. The van der Waals surface area contributed by atoms with E-state index >= 15 is 0 Å². The summed E-state index contributed by atoms with van der Waals surface area (Å²) in [6.07, 6.45) is 4.32. The van der Waals surface area contributed by atoms with Crippen LogP contribution in [-0.4, -0.2) is 57.4 Å². The quantitative estimate of drug-likeness (QED) is 0.543. The number of imide groups is 1. The number of fused-ring (bicyclic) bond motifs is 1. The van der Waals surface area contributed by atoms with E-state index in [0.29, 0.717) is 30.0 Å². The third kappa shape index (κ3) is 5.25. The average Bonchev–Trinajstić information content (AvgIpc) is 3.43. The van der Waals surface area contributed by atoms with Crippen LogP contribution in [0.2, 0.25) is 0 Å². The molecule has 2 heterocycles. The van der Waals surface area contributed by atoms with E-state index in [0.717, 1.165) is 43.2 Å². The summed E-state index contributed by atoms with van der Waals surface area (Å²) in [5.74, 6) is -0.626.